The SMILES string of the molecule is CC1C=CC(c2c[nH]c(C(=O)Nc3ccc(=O)n(C)c3)n2)=C[C@H]1OC1=CCCC=C1. The van der Waals surface area contributed by atoms with Crippen LogP contribution in [0.5, 0.6) is 0 Å². The lowest BCUT2D eigenvalue weighted by molar-refractivity contribution is 0.101. The fourth-order valence-electron chi connectivity index (χ4n) is 3.34. The van der Waals surface area contributed by atoms with Crippen molar-refractivity contribution in [1.82, 2.24) is 14.5 Å². The zero-order chi connectivity index (χ0) is 21.1. The van der Waals surface area contributed by atoms with Crippen molar-refractivity contribution < 1.29 is 9.53 Å². The Hall–Kier alpha value is -3.61. The van der Waals surface area contributed by atoms with E-state index in [4.69, 9.17) is 4.74 Å². The summed E-state index contributed by atoms with van der Waals surface area (Å²) in [5.74, 6) is 0.945. The first-order valence-corrected chi connectivity index (χ1v) is 9.97. The van der Waals surface area contributed by atoms with E-state index in [-0.39, 0.29) is 29.3 Å². The normalized spacial score (nSPS) is 20.5. The number of H-pyrrole nitrogens is 1. The van der Waals surface area contributed by atoms with Gasteiger partial charge >= 0.3 is 0 Å². The van der Waals surface area contributed by atoms with Crippen LogP contribution in [-0.2, 0) is 11.8 Å². The monoisotopic (exact) mass is 404 g/mol. The lowest BCUT2D eigenvalue weighted by Crippen LogP contribution is -2.20. The molecule has 2 atom stereocenters. The van der Waals surface area contributed by atoms with Crippen LogP contribution in [0.25, 0.3) is 5.57 Å². The second kappa shape index (κ2) is 8.41. The molecule has 2 heterocycles. The Morgan fingerprint density at radius 3 is 2.93 bits per heavy atom. The van der Waals surface area contributed by atoms with E-state index in [1.165, 1.54) is 10.6 Å². The maximum atomic E-state index is 12.5. The van der Waals surface area contributed by atoms with E-state index in [2.05, 4.69) is 40.4 Å². The smallest absolute Gasteiger partial charge is 0.291 e. The maximum Gasteiger partial charge on any atom is 0.291 e. The Morgan fingerprint density at radius 2 is 2.17 bits per heavy atom. The molecule has 7 heteroatoms. The summed E-state index contributed by atoms with van der Waals surface area (Å²) in [6.07, 6.45) is 17.6. The zero-order valence-electron chi connectivity index (χ0n) is 17.0. The second-order valence-corrected chi connectivity index (χ2v) is 7.46. The second-order valence-electron chi connectivity index (χ2n) is 7.46. The van der Waals surface area contributed by atoms with E-state index in [0.29, 0.717) is 11.4 Å². The highest BCUT2D eigenvalue weighted by Gasteiger charge is 2.22. The van der Waals surface area contributed by atoms with E-state index in [0.717, 1.165) is 24.2 Å². The number of nitrogens with zero attached hydrogens (tertiary/aromatic N) is 2. The number of amides is 1. The van der Waals surface area contributed by atoms with Crippen LogP contribution in [0.3, 0.4) is 0 Å². The average molecular weight is 404 g/mol. The van der Waals surface area contributed by atoms with E-state index < -0.39 is 0 Å². The number of ether oxygens (including phenoxy) is 1. The zero-order valence-corrected chi connectivity index (χ0v) is 17.0. The molecule has 2 aliphatic carbocycles. The number of nitrogens with one attached hydrogen (secondary N) is 2. The van der Waals surface area contributed by atoms with Gasteiger partial charge in [-0.15, -0.1) is 0 Å². The molecule has 1 amide bonds. The topological polar surface area (TPSA) is 89.0 Å². The Labute approximate surface area is 174 Å². The average Bonchev–Trinajstić information content (AvgIpc) is 3.24. The predicted molar refractivity (Wildman–Crippen MR) is 116 cm³/mol. The predicted octanol–water partition coefficient (Wildman–Crippen LogP) is 3.57. The number of carbonyl (C=O) groups is 1. The van der Waals surface area contributed by atoms with Gasteiger partial charge in [-0.1, -0.05) is 25.2 Å². The summed E-state index contributed by atoms with van der Waals surface area (Å²) < 4.78 is 7.55. The molecule has 0 radical (unpaired) electrons. The van der Waals surface area contributed by atoms with Crippen LogP contribution >= 0.6 is 0 Å². The number of carbonyl (C=O) groups excluding carboxylic acids is 1. The van der Waals surface area contributed by atoms with Crippen molar-refractivity contribution in [1.29, 1.82) is 0 Å². The minimum absolute atomic E-state index is 0.0985. The van der Waals surface area contributed by atoms with Crippen LogP contribution < -0.4 is 10.9 Å². The summed E-state index contributed by atoms with van der Waals surface area (Å²) in [5, 5.41) is 2.74. The maximum absolute atomic E-state index is 12.5. The van der Waals surface area contributed by atoms with Gasteiger partial charge in [0, 0.05) is 37.0 Å². The van der Waals surface area contributed by atoms with Gasteiger partial charge in [-0.25, -0.2) is 4.98 Å². The van der Waals surface area contributed by atoms with Gasteiger partial charge in [0.1, 0.15) is 11.9 Å². The quantitative estimate of drug-likeness (QED) is 0.797. The van der Waals surface area contributed by atoms with Crippen molar-refractivity contribution in [2.75, 3.05) is 5.32 Å². The summed E-state index contributed by atoms with van der Waals surface area (Å²) in [7, 11) is 1.63. The van der Waals surface area contributed by atoms with Gasteiger partial charge in [0.25, 0.3) is 5.91 Å². The number of hydrogen-bond acceptors (Lipinski definition) is 4. The van der Waals surface area contributed by atoms with Gasteiger partial charge in [0.15, 0.2) is 5.82 Å². The van der Waals surface area contributed by atoms with Crippen LogP contribution in [0.15, 0.2) is 71.5 Å². The molecule has 0 aliphatic heterocycles. The van der Waals surface area contributed by atoms with Crippen molar-refractivity contribution in [2.24, 2.45) is 13.0 Å². The lowest BCUT2D eigenvalue weighted by Gasteiger charge is -2.25. The van der Waals surface area contributed by atoms with Gasteiger partial charge in [-0.05, 0) is 37.1 Å². The molecule has 7 nitrogen and oxygen atoms in total. The van der Waals surface area contributed by atoms with Gasteiger partial charge in [-0.2, -0.15) is 0 Å². The number of anilines is 1. The van der Waals surface area contributed by atoms with Crippen molar-refractivity contribution >= 4 is 17.2 Å². The highest BCUT2D eigenvalue weighted by molar-refractivity contribution is 6.01. The van der Waals surface area contributed by atoms with Crippen molar-refractivity contribution in [3.8, 4) is 0 Å². The van der Waals surface area contributed by atoms with E-state index >= 15 is 0 Å². The summed E-state index contributed by atoms with van der Waals surface area (Å²) in [6.45, 7) is 2.11. The molecule has 0 saturated carbocycles. The molecule has 0 bridgehead atoms. The molecule has 4 rings (SSSR count). The summed E-state index contributed by atoms with van der Waals surface area (Å²) in [5.41, 5.74) is 1.95. The van der Waals surface area contributed by atoms with E-state index in [1.807, 2.05) is 18.2 Å². The number of aromatic nitrogens is 3. The third-order valence-corrected chi connectivity index (χ3v) is 5.11. The third-order valence-electron chi connectivity index (χ3n) is 5.11. The van der Waals surface area contributed by atoms with Gasteiger partial charge < -0.3 is 19.6 Å². The molecule has 2 N–H and O–H groups in total. The highest BCUT2D eigenvalue weighted by atomic mass is 16.5. The number of imidazole rings is 1. The van der Waals surface area contributed by atoms with Crippen LogP contribution in [0, 0.1) is 5.92 Å². The summed E-state index contributed by atoms with van der Waals surface area (Å²) >= 11 is 0. The lowest BCUT2D eigenvalue weighted by atomic mass is 9.94. The number of aryl methyl sites for hydroxylation is 1. The molecule has 2 aromatic rings. The molecule has 2 aromatic heterocycles. The summed E-state index contributed by atoms with van der Waals surface area (Å²) in [4.78, 5) is 31.4. The first-order valence-electron chi connectivity index (χ1n) is 9.97. The van der Waals surface area contributed by atoms with E-state index in [9.17, 15) is 9.59 Å². The number of hydrogen-bond donors (Lipinski definition) is 2. The van der Waals surface area contributed by atoms with Gasteiger partial charge in [-0.3, -0.25) is 9.59 Å². The van der Waals surface area contributed by atoms with Crippen molar-refractivity contribution in [3.63, 3.8) is 0 Å². The Balaban J connectivity index is 1.48. The first-order chi connectivity index (χ1) is 14.5. The Kier molecular flexibility index (Phi) is 5.52. The van der Waals surface area contributed by atoms with Crippen LogP contribution in [0.1, 0.15) is 36.1 Å². The first kappa shape index (κ1) is 19.7. The minimum Gasteiger partial charge on any atom is -0.486 e. The van der Waals surface area contributed by atoms with Crippen LogP contribution in [-0.4, -0.2) is 26.5 Å². The number of aromatic amines is 1. The standard InChI is InChI=1S/C23H24N4O3/c1-15-8-9-16(12-20(15)30-18-6-4-3-5-7-18)19-13-24-22(26-19)23(29)25-17-10-11-21(28)27(2)14-17/h4,6-15,20H,3,5H2,1-2H3,(H,24,26)(H,25,29)/t15?,20-/m1/s1. The number of allylic oxidation sites excluding steroid dienone is 5. The van der Waals surface area contributed by atoms with Crippen LogP contribution in [0.4, 0.5) is 5.69 Å². The molecule has 2 aliphatic rings. The summed E-state index contributed by atoms with van der Waals surface area (Å²) in [6, 6.07) is 2.97. The fourth-order valence-corrected chi connectivity index (χ4v) is 3.34. The molecule has 154 valence electrons. The third kappa shape index (κ3) is 4.35. The molecule has 0 spiro atoms. The molecule has 1 unspecified atom stereocenters. The van der Waals surface area contributed by atoms with Crippen molar-refractivity contribution in [3.05, 3.63) is 88.6 Å². The molecule has 0 fully saturated rings. The molecule has 0 aromatic carbocycles. The fraction of sp³-hybridized carbons (Fsp3) is 0.261. The van der Waals surface area contributed by atoms with Gasteiger partial charge in [0.05, 0.1) is 11.4 Å². The number of rotatable bonds is 5. The molecular weight excluding hydrogens is 380 g/mol. The molecule has 0 saturated heterocycles. The minimum atomic E-state index is -0.376. The van der Waals surface area contributed by atoms with Crippen molar-refractivity contribution in [2.45, 2.75) is 25.9 Å². The van der Waals surface area contributed by atoms with Gasteiger partial charge in [0.2, 0.25) is 5.56 Å². The molecule has 30 heavy (non-hydrogen) atoms. The largest absolute Gasteiger partial charge is 0.486 e. The Morgan fingerprint density at radius 1 is 1.30 bits per heavy atom. The number of pyridine rings is 1. The molecular formula is C23H24N4O3. The highest BCUT2D eigenvalue weighted by Crippen LogP contribution is 2.27. The Bertz CT molecular complexity index is 1130. The van der Waals surface area contributed by atoms with E-state index in [1.54, 1.807) is 25.5 Å². The van der Waals surface area contributed by atoms with Crippen LogP contribution in [0.2, 0.25) is 0 Å².